The van der Waals surface area contributed by atoms with Gasteiger partial charge in [-0.1, -0.05) is 56.3 Å². The van der Waals surface area contributed by atoms with Crippen LogP contribution in [0.3, 0.4) is 0 Å². The van der Waals surface area contributed by atoms with E-state index in [4.69, 9.17) is 4.74 Å². The third kappa shape index (κ3) is 5.78. The summed E-state index contributed by atoms with van der Waals surface area (Å²) in [7, 11) is 0. The summed E-state index contributed by atoms with van der Waals surface area (Å²) in [5.74, 6) is -3.83. The zero-order valence-electron chi connectivity index (χ0n) is 25.6. The normalized spacial score (nSPS) is 18.9. The van der Waals surface area contributed by atoms with Gasteiger partial charge in [0.25, 0.3) is 11.8 Å². The van der Waals surface area contributed by atoms with Gasteiger partial charge in [0.1, 0.15) is 18.5 Å². The van der Waals surface area contributed by atoms with E-state index in [9.17, 15) is 36.7 Å². The number of ether oxygens (including phenoxy) is 1. The van der Waals surface area contributed by atoms with Crippen LogP contribution in [0.1, 0.15) is 89.9 Å². The average molecular weight is 639 g/mol. The predicted molar refractivity (Wildman–Crippen MR) is 160 cm³/mol. The van der Waals surface area contributed by atoms with Gasteiger partial charge in [0.05, 0.1) is 28.1 Å². The van der Waals surface area contributed by atoms with Crippen LogP contribution in [0.2, 0.25) is 0 Å². The van der Waals surface area contributed by atoms with Gasteiger partial charge in [-0.15, -0.1) is 0 Å². The molecule has 3 amide bonds. The fourth-order valence-corrected chi connectivity index (χ4v) is 6.86. The van der Waals surface area contributed by atoms with E-state index in [2.05, 4.69) is 0 Å². The molecule has 3 aromatic rings. The van der Waals surface area contributed by atoms with Crippen LogP contribution in [0.15, 0.2) is 72.8 Å². The van der Waals surface area contributed by atoms with Crippen molar-refractivity contribution in [3.05, 3.63) is 106 Å². The van der Waals surface area contributed by atoms with Crippen LogP contribution in [0.4, 0.5) is 17.6 Å². The molecule has 2 aliphatic rings. The second kappa shape index (κ2) is 12.7. The Morgan fingerprint density at radius 3 is 2.04 bits per heavy atom. The monoisotopic (exact) mass is 638 g/mol. The van der Waals surface area contributed by atoms with Crippen LogP contribution < -0.4 is 0 Å². The summed E-state index contributed by atoms with van der Waals surface area (Å²) in [4.78, 5) is 57.2. The Kier molecular flexibility index (Phi) is 9.06. The van der Waals surface area contributed by atoms with Gasteiger partial charge in [-0.2, -0.15) is 13.2 Å². The van der Waals surface area contributed by atoms with E-state index in [1.54, 1.807) is 50.2 Å². The highest BCUT2D eigenvalue weighted by Crippen LogP contribution is 2.49. The summed E-state index contributed by atoms with van der Waals surface area (Å²) in [6.07, 6.45) is -4.12. The molecule has 2 heterocycles. The predicted octanol–water partition coefficient (Wildman–Crippen LogP) is 7.11. The first-order valence-corrected chi connectivity index (χ1v) is 15.2. The van der Waals surface area contributed by atoms with Crippen molar-refractivity contribution in [2.45, 2.75) is 77.4 Å². The van der Waals surface area contributed by atoms with E-state index in [1.807, 2.05) is 6.07 Å². The maximum absolute atomic E-state index is 14.7. The van der Waals surface area contributed by atoms with E-state index in [0.717, 1.165) is 22.6 Å². The highest BCUT2D eigenvalue weighted by Gasteiger charge is 2.55. The number of fused-ring (bicyclic) bond motifs is 1. The SMILES string of the molecule is CCC(CC)(C(=O)OCc1ccccc1)[C@H]1CC[C@@H](c2cc(F)cc(C(F)(F)F)c2)N1C(=O)[C@@H](C)N1C(=O)c2ccccc2C1=O. The number of imide groups is 1. The fraction of sp³-hybridized carbons (Fsp3) is 0.371. The van der Waals surface area contributed by atoms with Crippen molar-refractivity contribution in [1.29, 1.82) is 0 Å². The van der Waals surface area contributed by atoms with Crippen LogP contribution in [-0.2, 0) is 27.1 Å². The van der Waals surface area contributed by atoms with Gasteiger partial charge in [-0.3, -0.25) is 24.1 Å². The number of hydrogen-bond donors (Lipinski definition) is 0. The summed E-state index contributed by atoms with van der Waals surface area (Å²) in [5.41, 5.74) is -1.61. The number of hydrogen-bond acceptors (Lipinski definition) is 5. The standard InChI is InChI=1S/C35H34F4N2O5/c1-4-34(5-2,33(45)46-20-22-11-7-6-8-12-22)29-16-15-28(23-17-24(35(37,38)39)19-25(36)18-23)41(29)30(42)21(3)40-31(43)26-13-9-10-14-27(26)32(40)44/h6-14,17-19,21,28-29H,4-5,15-16,20H2,1-3H3/t21-,28+,29-/m1/s1. The van der Waals surface area contributed by atoms with Crippen molar-refractivity contribution in [2.75, 3.05) is 0 Å². The Balaban J connectivity index is 1.56. The Labute approximate surface area is 264 Å². The number of esters is 1. The molecule has 46 heavy (non-hydrogen) atoms. The van der Waals surface area contributed by atoms with Gasteiger partial charge in [0.2, 0.25) is 5.91 Å². The molecule has 0 bridgehead atoms. The average Bonchev–Trinajstić information content (AvgIpc) is 3.59. The number of carbonyl (C=O) groups is 4. The Hall–Kier alpha value is -4.54. The lowest BCUT2D eigenvalue weighted by Crippen LogP contribution is -2.56. The highest BCUT2D eigenvalue weighted by molar-refractivity contribution is 6.22. The third-order valence-electron chi connectivity index (χ3n) is 9.36. The van der Waals surface area contributed by atoms with E-state index < -0.39 is 64.8 Å². The summed E-state index contributed by atoms with van der Waals surface area (Å²) >= 11 is 0. The topological polar surface area (TPSA) is 84.0 Å². The van der Waals surface area contributed by atoms with Crippen LogP contribution in [-0.4, -0.2) is 45.6 Å². The molecule has 7 nitrogen and oxygen atoms in total. The van der Waals surface area contributed by atoms with E-state index in [0.29, 0.717) is 6.07 Å². The van der Waals surface area contributed by atoms with E-state index in [-0.39, 0.29) is 49.0 Å². The van der Waals surface area contributed by atoms with Crippen molar-refractivity contribution in [2.24, 2.45) is 5.41 Å². The Morgan fingerprint density at radius 2 is 1.48 bits per heavy atom. The maximum Gasteiger partial charge on any atom is 0.416 e. The molecule has 242 valence electrons. The molecule has 5 rings (SSSR count). The molecule has 0 unspecified atom stereocenters. The zero-order valence-corrected chi connectivity index (χ0v) is 25.6. The minimum absolute atomic E-state index is 0.0319. The fourth-order valence-electron chi connectivity index (χ4n) is 6.86. The van der Waals surface area contributed by atoms with E-state index >= 15 is 0 Å². The van der Waals surface area contributed by atoms with Gasteiger partial charge < -0.3 is 9.64 Å². The van der Waals surface area contributed by atoms with Crippen molar-refractivity contribution in [3.8, 4) is 0 Å². The number of rotatable bonds is 9. The number of nitrogens with zero attached hydrogens (tertiary/aromatic N) is 2. The van der Waals surface area contributed by atoms with Crippen molar-refractivity contribution < 1.29 is 41.5 Å². The third-order valence-corrected chi connectivity index (χ3v) is 9.36. The van der Waals surface area contributed by atoms with Gasteiger partial charge >= 0.3 is 12.1 Å². The number of benzene rings is 3. The first kappa shape index (κ1) is 32.8. The summed E-state index contributed by atoms with van der Waals surface area (Å²) < 4.78 is 61.7. The van der Waals surface area contributed by atoms with Crippen LogP contribution >= 0.6 is 0 Å². The van der Waals surface area contributed by atoms with Gasteiger partial charge in [-0.05, 0) is 74.1 Å². The van der Waals surface area contributed by atoms with Crippen molar-refractivity contribution in [1.82, 2.24) is 9.80 Å². The zero-order chi connectivity index (χ0) is 33.4. The number of halogens is 4. The molecule has 0 saturated carbocycles. The molecule has 0 aliphatic carbocycles. The minimum Gasteiger partial charge on any atom is -0.460 e. The summed E-state index contributed by atoms with van der Waals surface area (Å²) in [6.45, 7) is 4.87. The Bertz CT molecular complexity index is 1620. The lowest BCUT2D eigenvalue weighted by molar-refractivity contribution is -0.165. The van der Waals surface area contributed by atoms with Gasteiger partial charge in [0, 0.05) is 6.04 Å². The van der Waals surface area contributed by atoms with Crippen molar-refractivity contribution >= 4 is 23.7 Å². The molecular weight excluding hydrogens is 604 g/mol. The first-order chi connectivity index (χ1) is 21.8. The van der Waals surface area contributed by atoms with Crippen molar-refractivity contribution in [3.63, 3.8) is 0 Å². The number of amides is 3. The summed E-state index contributed by atoms with van der Waals surface area (Å²) in [5, 5.41) is 0. The highest BCUT2D eigenvalue weighted by atomic mass is 19.4. The molecule has 0 aromatic heterocycles. The molecule has 0 N–H and O–H groups in total. The minimum atomic E-state index is -4.85. The number of likely N-dealkylation sites (tertiary alicyclic amines) is 1. The molecule has 0 radical (unpaired) electrons. The second-order valence-electron chi connectivity index (χ2n) is 11.8. The number of carbonyl (C=O) groups excluding carboxylic acids is 4. The van der Waals surface area contributed by atoms with Gasteiger partial charge in [-0.25, -0.2) is 4.39 Å². The molecule has 3 aromatic carbocycles. The van der Waals surface area contributed by atoms with Crippen LogP contribution in [0.25, 0.3) is 0 Å². The van der Waals surface area contributed by atoms with Gasteiger partial charge in [0.15, 0.2) is 0 Å². The second-order valence-corrected chi connectivity index (χ2v) is 11.8. The first-order valence-electron chi connectivity index (χ1n) is 15.2. The van der Waals surface area contributed by atoms with E-state index in [1.165, 1.54) is 24.0 Å². The Morgan fingerprint density at radius 1 is 0.891 bits per heavy atom. The summed E-state index contributed by atoms with van der Waals surface area (Å²) in [6, 6.07) is 13.9. The molecular formula is C35H34F4N2O5. The molecule has 0 spiro atoms. The quantitative estimate of drug-likeness (QED) is 0.142. The molecule has 3 atom stereocenters. The molecule has 1 saturated heterocycles. The lowest BCUT2D eigenvalue weighted by atomic mass is 9.74. The maximum atomic E-state index is 14.7. The molecule has 2 aliphatic heterocycles. The molecule has 1 fully saturated rings. The smallest absolute Gasteiger partial charge is 0.416 e. The molecule has 11 heteroatoms. The largest absolute Gasteiger partial charge is 0.460 e. The number of alkyl halides is 3. The lowest BCUT2D eigenvalue weighted by Gasteiger charge is -2.43. The van der Waals surface area contributed by atoms with Crippen LogP contribution in [0.5, 0.6) is 0 Å². The van der Waals surface area contributed by atoms with Crippen LogP contribution in [0, 0.1) is 11.2 Å².